The van der Waals surface area contributed by atoms with Crippen LogP contribution in [0.3, 0.4) is 0 Å². The molecule has 9 heteroatoms. The number of pyridine rings is 1. The van der Waals surface area contributed by atoms with Crippen molar-refractivity contribution in [2.24, 2.45) is 5.92 Å². The number of nitrogens with one attached hydrogen (secondary N) is 2. The molecule has 0 bridgehead atoms. The van der Waals surface area contributed by atoms with Crippen molar-refractivity contribution in [2.75, 3.05) is 25.1 Å². The van der Waals surface area contributed by atoms with Gasteiger partial charge in [-0.05, 0) is 49.7 Å². The maximum atomic E-state index is 15.5. The minimum absolute atomic E-state index is 0.110. The SMILES string of the molecule is COc1c(N2CC[C@@H](C(C)NC(C)C)C2)c(F)cc2c(=O)c3c(=O)[nH]sc3n(C3CC3)c12. The van der Waals surface area contributed by atoms with Crippen LogP contribution < -0.4 is 25.9 Å². The van der Waals surface area contributed by atoms with Crippen molar-refractivity contribution in [3.05, 3.63) is 32.5 Å². The zero-order valence-corrected chi connectivity index (χ0v) is 19.6. The van der Waals surface area contributed by atoms with Gasteiger partial charge in [0, 0.05) is 31.2 Å². The number of nitrogens with zero attached hydrogens (tertiary/aromatic N) is 2. The van der Waals surface area contributed by atoms with Crippen molar-refractivity contribution in [1.82, 2.24) is 14.3 Å². The zero-order chi connectivity index (χ0) is 22.7. The van der Waals surface area contributed by atoms with Gasteiger partial charge in [0.2, 0.25) is 5.43 Å². The molecule has 1 aliphatic heterocycles. The second kappa shape index (κ2) is 7.88. The number of benzene rings is 1. The van der Waals surface area contributed by atoms with Crippen LogP contribution in [0.15, 0.2) is 15.7 Å². The van der Waals surface area contributed by atoms with Gasteiger partial charge in [-0.25, -0.2) is 4.39 Å². The second-order valence-electron chi connectivity index (χ2n) is 9.38. The molecule has 2 N–H and O–H groups in total. The highest BCUT2D eigenvalue weighted by molar-refractivity contribution is 7.12. The smallest absolute Gasteiger partial charge is 0.271 e. The van der Waals surface area contributed by atoms with E-state index in [1.807, 2.05) is 9.47 Å². The Morgan fingerprint density at radius 1 is 1.25 bits per heavy atom. The molecular formula is C23H29FN4O3S. The number of hydrogen-bond acceptors (Lipinski definition) is 6. The summed E-state index contributed by atoms with van der Waals surface area (Å²) in [6.45, 7) is 7.87. The molecule has 2 aromatic heterocycles. The topological polar surface area (TPSA) is 79.4 Å². The van der Waals surface area contributed by atoms with Crippen LogP contribution in [-0.4, -0.2) is 41.2 Å². The summed E-state index contributed by atoms with van der Waals surface area (Å²) in [5.41, 5.74) is 0.155. The maximum absolute atomic E-state index is 15.5. The van der Waals surface area contributed by atoms with Gasteiger partial charge in [-0.1, -0.05) is 13.8 Å². The van der Waals surface area contributed by atoms with Crippen LogP contribution in [0.1, 0.15) is 46.1 Å². The molecule has 0 amide bonds. The van der Waals surface area contributed by atoms with E-state index < -0.39 is 16.8 Å². The van der Waals surface area contributed by atoms with Crippen LogP contribution in [0.2, 0.25) is 0 Å². The van der Waals surface area contributed by atoms with Gasteiger partial charge in [-0.3, -0.25) is 14.0 Å². The predicted molar refractivity (Wildman–Crippen MR) is 127 cm³/mol. The molecule has 2 aliphatic rings. The number of halogens is 1. The molecule has 3 aromatic rings. The van der Waals surface area contributed by atoms with Gasteiger partial charge in [0.05, 0.1) is 18.0 Å². The molecule has 5 rings (SSSR count). The quantitative estimate of drug-likeness (QED) is 0.588. The van der Waals surface area contributed by atoms with Gasteiger partial charge < -0.3 is 19.5 Å². The molecule has 1 aliphatic carbocycles. The largest absolute Gasteiger partial charge is 0.492 e. The number of rotatable bonds is 6. The fourth-order valence-electron chi connectivity index (χ4n) is 5.15. The van der Waals surface area contributed by atoms with E-state index in [0.717, 1.165) is 37.3 Å². The predicted octanol–water partition coefficient (Wildman–Crippen LogP) is 3.60. The van der Waals surface area contributed by atoms with Crippen LogP contribution in [0.5, 0.6) is 5.75 Å². The van der Waals surface area contributed by atoms with Crippen molar-refractivity contribution in [2.45, 2.75) is 58.2 Å². The van der Waals surface area contributed by atoms with Gasteiger partial charge in [-0.2, -0.15) is 0 Å². The van der Waals surface area contributed by atoms with E-state index in [2.05, 4.69) is 30.5 Å². The molecule has 1 saturated carbocycles. The first kappa shape index (κ1) is 21.5. The van der Waals surface area contributed by atoms with E-state index in [-0.39, 0.29) is 16.8 Å². The van der Waals surface area contributed by atoms with E-state index in [9.17, 15) is 9.59 Å². The van der Waals surface area contributed by atoms with Crippen molar-refractivity contribution in [3.8, 4) is 5.75 Å². The first-order valence-electron chi connectivity index (χ1n) is 11.3. The van der Waals surface area contributed by atoms with Gasteiger partial charge >= 0.3 is 0 Å². The molecule has 1 aromatic carbocycles. The highest BCUT2D eigenvalue weighted by Crippen LogP contribution is 2.46. The summed E-state index contributed by atoms with van der Waals surface area (Å²) < 4.78 is 26.0. The molecular weight excluding hydrogens is 431 g/mol. The average molecular weight is 461 g/mol. The summed E-state index contributed by atoms with van der Waals surface area (Å²) in [5.74, 6) is 0.294. The molecule has 1 unspecified atom stereocenters. The van der Waals surface area contributed by atoms with E-state index in [1.165, 1.54) is 13.2 Å². The number of ether oxygens (including phenoxy) is 1. The van der Waals surface area contributed by atoms with E-state index in [4.69, 9.17) is 4.74 Å². The molecule has 3 heterocycles. The Labute approximate surface area is 189 Å². The number of methoxy groups -OCH3 is 1. The summed E-state index contributed by atoms with van der Waals surface area (Å²) in [6, 6.07) is 2.18. The lowest BCUT2D eigenvalue weighted by Gasteiger charge is -2.26. The summed E-state index contributed by atoms with van der Waals surface area (Å²) >= 11 is 1.16. The maximum Gasteiger partial charge on any atom is 0.271 e. The van der Waals surface area contributed by atoms with Crippen LogP contribution in [-0.2, 0) is 0 Å². The minimum Gasteiger partial charge on any atom is -0.492 e. The summed E-state index contributed by atoms with van der Waals surface area (Å²) in [4.78, 5) is 28.2. The van der Waals surface area contributed by atoms with Gasteiger partial charge in [0.15, 0.2) is 11.6 Å². The zero-order valence-electron chi connectivity index (χ0n) is 18.8. The second-order valence-corrected chi connectivity index (χ2v) is 10.2. The van der Waals surface area contributed by atoms with E-state index in [0.29, 0.717) is 46.3 Å². The van der Waals surface area contributed by atoms with Gasteiger partial charge in [0.1, 0.15) is 15.9 Å². The number of fused-ring (bicyclic) bond motifs is 2. The Morgan fingerprint density at radius 2 is 2.00 bits per heavy atom. The fraction of sp³-hybridized carbons (Fsp3) is 0.565. The number of H-pyrrole nitrogens is 1. The van der Waals surface area contributed by atoms with Crippen molar-refractivity contribution < 1.29 is 9.13 Å². The normalized spacial score (nSPS) is 20.1. The van der Waals surface area contributed by atoms with E-state index >= 15 is 4.39 Å². The Morgan fingerprint density at radius 3 is 2.66 bits per heavy atom. The van der Waals surface area contributed by atoms with Crippen LogP contribution >= 0.6 is 11.5 Å². The Bertz CT molecular complexity index is 1310. The first-order valence-corrected chi connectivity index (χ1v) is 12.1. The van der Waals surface area contributed by atoms with Crippen LogP contribution in [0.4, 0.5) is 10.1 Å². The number of hydrogen-bond donors (Lipinski definition) is 2. The van der Waals surface area contributed by atoms with Crippen LogP contribution in [0, 0.1) is 11.7 Å². The summed E-state index contributed by atoms with van der Waals surface area (Å²) in [5, 5.41) is 3.88. The van der Waals surface area contributed by atoms with Crippen molar-refractivity contribution in [3.63, 3.8) is 0 Å². The highest BCUT2D eigenvalue weighted by Gasteiger charge is 2.35. The van der Waals surface area contributed by atoms with Crippen LogP contribution in [0.25, 0.3) is 21.1 Å². The van der Waals surface area contributed by atoms with Gasteiger partial charge in [-0.15, -0.1) is 0 Å². The number of aromatic amines is 1. The average Bonchev–Trinajstić information content (AvgIpc) is 3.32. The molecule has 2 atom stereocenters. The first-order chi connectivity index (χ1) is 15.3. The Hall–Kier alpha value is -2.39. The molecule has 1 saturated heterocycles. The standard InChI is InChI=1S/C23H29FN4O3S/c1-11(2)25-12(3)13-7-8-27(10-13)19-16(24)9-15-18(21(19)31-4)28(14-5-6-14)23-17(20(15)29)22(30)26-32-23/h9,11-14,25H,5-8,10H2,1-4H3,(H,26,30)/t12?,13-/m1/s1. The molecule has 0 radical (unpaired) electrons. The summed E-state index contributed by atoms with van der Waals surface area (Å²) in [6.07, 6.45) is 2.87. The lowest BCUT2D eigenvalue weighted by atomic mass is 10.00. The summed E-state index contributed by atoms with van der Waals surface area (Å²) in [7, 11) is 1.53. The lowest BCUT2D eigenvalue weighted by Crippen LogP contribution is -2.39. The number of aromatic nitrogens is 2. The third kappa shape index (κ3) is 3.33. The molecule has 172 valence electrons. The minimum atomic E-state index is -0.482. The van der Waals surface area contributed by atoms with Crippen molar-refractivity contribution >= 4 is 38.3 Å². The highest BCUT2D eigenvalue weighted by atomic mass is 32.1. The Kier molecular flexibility index (Phi) is 5.28. The molecule has 0 spiro atoms. The third-order valence-corrected chi connectivity index (χ3v) is 7.64. The van der Waals surface area contributed by atoms with E-state index in [1.54, 1.807) is 0 Å². The monoisotopic (exact) mass is 460 g/mol. The van der Waals surface area contributed by atoms with Crippen molar-refractivity contribution in [1.29, 1.82) is 0 Å². The molecule has 2 fully saturated rings. The Balaban J connectivity index is 1.70. The number of anilines is 1. The molecule has 7 nitrogen and oxygen atoms in total. The third-order valence-electron chi connectivity index (χ3n) is 6.76. The fourth-order valence-corrected chi connectivity index (χ4v) is 6.07. The van der Waals surface area contributed by atoms with Gasteiger partial charge in [0.25, 0.3) is 5.56 Å². The molecule has 32 heavy (non-hydrogen) atoms. The lowest BCUT2D eigenvalue weighted by molar-refractivity contribution is 0.374.